The van der Waals surface area contributed by atoms with Gasteiger partial charge in [0.15, 0.2) is 0 Å². The zero-order chi connectivity index (χ0) is 13.1. The van der Waals surface area contributed by atoms with E-state index in [4.69, 9.17) is 17.3 Å². The number of hydrogen-bond acceptors (Lipinski definition) is 2. The highest BCUT2D eigenvalue weighted by atomic mass is 35.5. The third-order valence-corrected chi connectivity index (χ3v) is 4.03. The highest BCUT2D eigenvalue weighted by Gasteiger charge is 2.06. The van der Waals surface area contributed by atoms with Crippen molar-refractivity contribution in [3.63, 3.8) is 0 Å². The largest absolute Gasteiger partial charge is 0.324 e. The van der Waals surface area contributed by atoms with Crippen molar-refractivity contribution in [2.24, 2.45) is 5.73 Å². The molecule has 0 amide bonds. The minimum absolute atomic E-state index is 0.0348. The molecule has 2 rings (SSSR count). The number of halogens is 2. The monoisotopic (exact) mass is 281 g/mol. The highest BCUT2D eigenvalue weighted by Crippen LogP contribution is 2.34. The van der Waals surface area contributed by atoms with Crippen LogP contribution in [-0.2, 0) is 0 Å². The second-order valence-electron chi connectivity index (χ2n) is 4.03. The van der Waals surface area contributed by atoms with Crippen LogP contribution in [0.3, 0.4) is 0 Å². The molecule has 0 spiro atoms. The van der Waals surface area contributed by atoms with Crippen molar-refractivity contribution in [3.05, 3.63) is 58.9 Å². The van der Waals surface area contributed by atoms with Crippen LogP contribution in [0.2, 0.25) is 5.02 Å². The zero-order valence-electron chi connectivity index (χ0n) is 9.86. The Morgan fingerprint density at radius 3 is 2.39 bits per heavy atom. The van der Waals surface area contributed by atoms with Gasteiger partial charge >= 0.3 is 0 Å². The van der Waals surface area contributed by atoms with Crippen LogP contribution in [0.15, 0.2) is 52.3 Å². The van der Waals surface area contributed by atoms with Crippen molar-refractivity contribution >= 4 is 23.4 Å². The van der Waals surface area contributed by atoms with Crippen LogP contribution in [0.1, 0.15) is 18.5 Å². The first-order valence-corrected chi connectivity index (χ1v) is 6.74. The lowest BCUT2D eigenvalue weighted by Crippen LogP contribution is -2.04. The Hall–Kier alpha value is -1.03. The first kappa shape index (κ1) is 13.4. The molecule has 0 aromatic heterocycles. The smallest absolute Gasteiger partial charge is 0.123 e. The number of nitrogens with two attached hydrogens (primary N) is 1. The Balaban J connectivity index is 2.22. The van der Waals surface area contributed by atoms with Crippen LogP contribution < -0.4 is 5.73 Å². The van der Waals surface area contributed by atoms with E-state index in [1.165, 1.54) is 23.9 Å². The molecule has 2 N–H and O–H groups in total. The number of rotatable bonds is 3. The minimum Gasteiger partial charge on any atom is -0.324 e. The molecular weight excluding hydrogens is 269 g/mol. The fourth-order valence-electron chi connectivity index (χ4n) is 1.51. The number of benzene rings is 2. The van der Waals surface area contributed by atoms with Gasteiger partial charge in [-0.05, 0) is 48.9 Å². The lowest BCUT2D eigenvalue weighted by atomic mass is 10.1. The second-order valence-corrected chi connectivity index (χ2v) is 5.56. The van der Waals surface area contributed by atoms with Crippen molar-refractivity contribution in [1.29, 1.82) is 0 Å². The molecule has 4 heteroatoms. The van der Waals surface area contributed by atoms with Crippen LogP contribution in [0.25, 0.3) is 0 Å². The van der Waals surface area contributed by atoms with E-state index >= 15 is 0 Å². The van der Waals surface area contributed by atoms with Gasteiger partial charge in [0, 0.05) is 15.8 Å². The van der Waals surface area contributed by atoms with Gasteiger partial charge in [-0.1, -0.05) is 29.4 Å². The fourth-order valence-corrected chi connectivity index (χ4v) is 2.64. The van der Waals surface area contributed by atoms with Crippen LogP contribution in [0.5, 0.6) is 0 Å². The molecule has 0 bridgehead atoms. The van der Waals surface area contributed by atoms with E-state index in [0.29, 0.717) is 5.02 Å². The molecule has 0 unspecified atom stereocenters. The number of hydrogen-bond donors (Lipinski definition) is 1. The first-order valence-electron chi connectivity index (χ1n) is 5.54. The summed E-state index contributed by atoms with van der Waals surface area (Å²) < 4.78 is 12.8. The lowest BCUT2D eigenvalue weighted by molar-refractivity contribution is 0.626. The molecule has 2 aromatic rings. The quantitative estimate of drug-likeness (QED) is 0.886. The molecule has 0 saturated heterocycles. The van der Waals surface area contributed by atoms with Gasteiger partial charge in [-0.25, -0.2) is 4.39 Å². The summed E-state index contributed by atoms with van der Waals surface area (Å²) in [6, 6.07) is 12.1. The molecule has 0 aliphatic rings. The average molecular weight is 282 g/mol. The van der Waals surface area contributed by atoms with Crippen molar-refractivity contribution in [1.82, 2.24) is 0 Å². The summed E-state index contributed by atoms with van der Waals surface area (Å²) in [5.74, 6) is -0.238. The van der Waals surface area contributed by atoms with Crippen LogP contribution in [0.4, 0.5) is 4.39 Å². The molecule has 0 saturated carbocycles. The zero-order valence-corrected chi connectivity index (χ0v) is 11.4. The Labute approximate surface area is 115 Å². The molecular formula is C14H13ClFNS. The molecule has 0 aliphatic heterocycles. The summed E-state index contributed by atoms with van der Waals surface area (Å²) in [6.07, 6.45) is 0. The van der Waals surface area contributed by atoms with Gasteiger partial charge in [-0.2, -0.15) is 0 Å². The predicted octanol–water partition coefficient (Wildman–Crippen LogP) is 4.65. The maximum absolute atomic E-state index is 12.8. The van der Waals surface area contributed by atoms with E-state index in [1.807, 2.05) is 25.1 Å². The molecule has 1 atom stereocenters. The maximum atomic E-state index is 12.8. The minimum atomic E-state index is -0.238. The third kappa shape index (κ3) is 3.25. The van der Waals surface area contributed by atoms with E-state index in [0.717, 1.165) is 15.4 Å². The SMILES string of the molecule is C[C@@H](N)c1ccc(Sc2ccc(F)cc2)c(Cl)c1. The maximum Gasteiger partial charge on any atom is 0.123 e. The van der Waals surface area contributed by atoms with Crippen molar-refractivity contribution in [3.8, 4) is 0 Å². The van der Waals surface area contributed by atoms with Gasteiger partial charge in [0.25, 0.3) is 0 Å². The Kier molecular flexibility index (Phi) is 4.27. The van der Waals surface area contributed by atoms with Gasteiger partial charge in [-0.15, -0.1) is 0 Å². The van der Waals surface area contributed by atoms with Gasteiger partial charge < -0.3 is 5.73 Å². The normalized spacial score (nSPS) is 12.4. The lowest BCUT2D eigenvalue weighted by Gasteiger charge is -2.09. The van der Waals surface area contributed by atoms with Gasteiger partial charge in [0.1, 0.15) is 5.82 Å². The molecule has 2 aromatic carbocycles. The first-order chi connectivity index (χ1) is 8.56. The molecule has 94 valence electrons. The standard InChI is InChI=1S/C14H13ClFNS/c1-9(17)10-2-7-14(13(15)8-10)18-12-5-3-11(16)4-6-12/h2-9H,17H2,1H3/t9-/m1/s1. The molecule has 0 heterocycles. The highest BCUT2D eigenvalue weighted by molar-refractivity contribution is 7.99. The Bertz CT molecular complexity index is 540. The molecule has 0 radical (unpaired) electrons. The summed E-state index contributed by atoms with van der Waals surface area (Å²) >= 11 is 7.71. The fraction of sp³-hybridized carbons (Fsp3) is 0.143. The molecule has 1 nitrogen and oxygen atoms in total. The summed E-state index contributed by atoms with van der Waals surface area (Å²) in [5.41, 5.74) is 6.80. The van der Waals surface area contributed by atoms with Crippen LogP contribution in [-0.4, -0.2) is 0 Å². The predicted molar refractivity (Wildman–Crippen MR) is 74.6 cm³/mol. The van der Waals surface area contributed by atoms with E-state index in [1.54, 1.807) is 12.1 Å². The van der Waals surface area contributed by atoms with Gasteiger partial charge in [0.2, 0.25) is 0 Å². The second kappa shape index (κ2) is 5.74. The molecule has 0 aliphatic carbocycles. The topological polar surface area (TPSA) is 26.0 Å². The summed E-state index contributed by atoms with van der Waals surface area (Å²) in [6.45, 7) is 1.92. The molecule has 0 fully saturated rings. The summed E-state index contributed by atoms with van der Waals surface area (Å²) in [5, 5.41) is 0.666. The van der Waals surface area contributed by atoms with Gasteiger partial charge in [0.05, 0.1) is 5.02 Å². The van der Waals surface area contributed by atoms with Crippen molar-refractivity contribution in [2.75, 3.05) is 0 Å². The van der Waals surface area contributed by atoms with Crippen LogP contribution >= 0.6 is 23.4 Å². The van der Waals surface area contributed by atoms with Gasteiger partial charge in [-0.3, -0.25) is 0 Å². The molecule has 18 heavy (non-hydrogen) atoms. The van der Waals surface area contributed by atoms with Crippen molar-refractivity contribution < 1.29 is 4.39 Å². The average Bonchev–Trinajstić information content (AvgIpc) is 2.34. The summed E-state index contributed by atoms with van der Waals surface area (Å²) in [4.78, 5) is 1.89. The Morgan fingerprint density at radius 2 is 1.83 bits per heavy atom. The van der Waals surface area contributed by atoms with E-state index in [2.05, 4.69) is 0 Å². The van der Waals surface area contributed by atoms with E-state index in [-0.39, 0.29) is 11.9 Å². The summed E-state index contributed by atoms with van der Waals surface area (Å²) in [7, 11) is 0. The van der Waals surface area contributed by atoms with Crippen LogP contribution in [0, 0.1) is 5.82 Å². The third-order valence-electron chi connectivity index (χ3n) is 2.52. The van der Waals surface area contributed by atoms with E-state index < -0.39 is 0 Å². The van der Waals surface area contributed by atoms with E-state index in [9.17, 15) is 4.39 Å². The van der Waals surface area contributed by atoms with Crippen molar-refractivity contribution in [2.45, 2.75) is 22.8 Å². The Morgan fingerprint density at radius 1 is 1.17 bits per heavy atom.